The minimum atomic E-state index is -0.583. The molecule has 0 radical (unpaired) electrons. The van der Waals surface area contributed by atoms with E-state index in [0.717, 1.165) is 22.0 Å². The summed E-state index contributed by atoms with van der Waals surface area (Å²) in [6, 6.07) is 11.1. The highest BCUT2D eigenvalue weighted by atomic mass is 16.6. The molecule has 28 heavy (non-hydrogen) atoms. The van der Waals surface area contributed by atoms with E-state index in [2.05, 4.69) is 20.8 Å². The third-order valence-corrected chi connectivity index (χ3v) is 4.22. The van der Waals surface area contributed by atoms with Gasteiger partial charge in [-0.3, -0.25) is 15.2 Å². The van der Waals surface area contributed by atoms with Crippen LogP contribution >= 0.6 is 0 Å². The SMILES string of the molecule is CC(C)(C)OC(=O)Nc1ccc2c(c1)NC(=O)/C2=C/c1ccc2cn[nH]c2c1. The monoisotopic (exact) mass is 376 g/mol. The summed E-state index contributed by atoms with van der Waals surface area (Å²) >= 11 is 0. The second-order valence-electron chi connectivity index (χ2n) is 7.62. The number of aromatic amines is 1. The number of fused-ring (bicyclic) bond motifs is 2. The lowest BCUT2D eigenvalue weighted by Crippen LogP contribution is -2.27. The Morgan fingerprint density at radius 2 is 2.00 bits per heavy atom. The summed E-state index contributed by atoms with van der Waals surface area (Å²) in [7, 11) is 0. The number of anilines is 2. The van der Waals surface area contributed by atoms with E-state index in [-0.39, 0.29) is 5.91 Å². The van der Waals surface area contributed by atoms with E-state index in [1.165, 1.54) is 0 Å². The summed E-state index contributed by atoms with van der Waals surface area (Å²) < 4.78 is 5.25. The van der Waals surface area contributed by atoms with Gasteiger partial charge < -0.3 is 10.1 Å². The predicted octanol–water partition coefficient (Wildman–Crippen LogP) is 4.40. The summed E-state index contributed by atoms with van der Waals surface area (Å²) in [5.41, 5.74) is 3.76. The number of nitrogens with one attached hydrogen (secondary N) is 3. The number of benzene rings is 2. The van der Waals surface area contributed by atoms with Gasteiger partial charge in [-0.15, -0.1) is 0 Å². The lowest BCUT2D eigenvalue weighted by atomic mass is 10.0. The molecule has 2 amide bonds. The first-order valence-corrected chi connectivity index (χ1v) is 8.89. The summed E-state index contributed by atoms with van der Waals surface area (Å²) in [5.74, 6) is -0.186. The van der Waals surface area contributed by atoms with Gasteiger partial charge in [-0.1, -0.05) is 18.2 Å². The molecule has 0 unspecified atom stereocenters. The smallest absolute Gasteiger partial charge is 0.412 e. The first-order valence-electron chi connectivity index (χ1n) is 8.89. The molecule has 7 nitrogen and oxygen atoms in total. The largest absolute Gasteiger partial charge is 0.444 e. The Kier molecular flexibility index (Phi) is 4.15. The van der Waals surface area contributed by atoms with E-state index < -0.39 is 11.7 Å². The van der Waals surface area contributed by atoms with Crippen LogP contribution in [0.1, 0.15) is 31.9 Å². The van der Waals surface area contributed by atoms with E-state index in [1.807, 2.05) is 24.3 Å². The van der Waals surface area contributed by atoms with Crippen LogP contribution in [0.25, 0.3) is 22.6 Å². The van der Waals surface area contributed by atoms with Crippen molar-refractivity contribution in [2.75, 3.05) is 10.6 Å². The molecule has 0 bridgehead atoms. The Labute approximate surface area is 161 Å². The van der Waals surface area contributed by atoms with Crippen molar-refractivity contribution in [3.8, 4) is 0 Å². The topological polar surface area (TPSA) is 96.1 Å². The van der Waals surface area contributed by atoms with Crippen LogP contribution in [0, 0.1) is 0 Å². The molecule has 1 aliphatic heterocycles. The molecule has 0 atom stereocenters. The minimum absolute atomic E-state index is 0.186. The Balaban J connectivity index is 1.60. The Morgan fingerprint density at radius 1 is 1.18 bits per heavy atom. The first kappa shape index (κ1) is 17.8. The van der Waals surface area contributed by atoms with Crippen molar-refractivity contribution < 1.29 is 14.3 Å². The van der Waals surface area contributed by atoms with Crippen molar-refractivity contribution in [1.29, 1.82) is 0 Å². The van der Waals surface area contributed by atoms with Crippen LogP contribution in [-0.2, 0) is 9.53 Å². The zero-order chi connectivity index (χ0) is 19.9. The molecule has 2 aromatic carbocycles. The second-order valence-corrected chi connectivity index (χ2v) is 7.62. The summed E-state index contributed by atoms with van der Waals surface area (Å²) in [4.78, 5) is 24.4. The maximum absolute atomic E-state index is 12.5. The van der Waals surface area contributed by atoms with Crippen molar-refractivity contribution in [1.82, 2.24) is 10.2 Å². The van der Waals surface area contributed by atoms with E-state index in [4.69, 9.17) is 4.74 Å². The van der Waals surface area contributed by atoms with Crippen molar-refractivity contribution in [2.24, 2.45) is 0 Å². The molecule has 0 aliphatic carbocycles. The molecule has 2 heterocycles. The molecular formula is C21H20N4O3. The quantitative estimate of drug-likeness (QED) is 0.578. The van der Waals surface area contributed by atoms with E-state index >= 15 is 0 Å². The van der Waals surface area contributed by atoms with E-state index in [9.17, 15) is 9.59 Å². The number of aromatic nitrogens is 2. The minimum Gasteiger partial charge on any atom is -0.444 e. The lowest BCUT2D eigenvalue weighted by molar-refractivity contribution is -0.110. The van der Waals surface area contributed by atoms with Gasteiger partial charge in [-0.05, 0) is 50.6 Å². The Bertz CT molecular complexity index is 1120. The Morgan fingerprint density at radius 3 is 2.79 bits per heavy atom. The molecule has 0 saturated heterocycles. The average Bonchev–Trinajstić information content (AvgIpc) is 3.17. The molecule has 4 rings (SSSR count). The van der Waals surface area contributed by atoms with Crippen LogP contribution in [0.4, 0.5) is 16.2 Å². The first-order chi connectivity index (χ1) is 13.3. The molecular weight excluding hydrogens is 356 g/mol. The number of ether oxygens (including phenoxy) is 1. The van der Waals surface area contributed by atoms with Crippen molar-refractivity contribution in [3.63, 3.8) is 0 Å². The van der Waals surface area contributed by atoms with Crippen LogP contribution in [0.5, 0.6) is 0 Å². The fourth-order valence-electron chi connectivity index (χ4n) is 3.05. The fraction of sp³-hybridized carbons (Fsp3) is 0.190. The van der Waals surface area contributed by atoms with Gasteiger partial charge >= 0.3 is 6.09 Å². The van der Waals surface area contributed by atoms with Gasteiger partial charge in [-0.25, -0.2) is 4.79 Å². The van der Waals surface area contributed by atoms with Crippen molar-refractivity contribution in [2.45, 2.75) is 26.4 Å². The molecule has 7 heteroatoms. The molecule has 0 spiro atoms. The van der Waals surface area contributed by atoms with Crippen molar-refractivity contribution in [3.05, 3.63) is 53.7 Å². The van der Waals surface area contributed by atoms with Crippen LogP contribution in [0.2, 0.25) is 0 Å². The van der Waals surface area contributed by atoms with E-state index in [0.29, 0.717) is 16.9 Å². The van der Waals surface area contributed by atoms with Gasteiger partial charge in [-0.2, -0.15) is 5.10 Å². The van der Waals surface area contributed by atoms with Gasteiger partial charge in [0.05, 0.1) is 17.4 Å². The highest BCUT2D eigenvalue weighted by molar-refractivity contribution is 6.35. The fourth-order valence-corrected chi connectivity index (χ4v) is 3.05. The number of nitrogens with zero attached hydrogens (tertiary/aromatic N) is 1. The number of carbonyl (C=O) groups excluding carboxylic acids is 2. The van der Waals surface area contributed by atoms with Crippen LogP contribution in [0.15, 0.2) is 42.6 Å². The molecule has 142 valence electrons. The highest BCUT2D eigenvalue weighted by Crippen LogP contribution is 2.35. The van der Waals surface area contributed by atoms with Gasteiger partial charge in [0, 0.05) is 22.2 Å². The maximum Gasteiger partial charge on any atom is 0.412 e. The number of rotatable bonds is 2. The third-order valence-electron chi connectivity index (χ3n) is 4.22. The number of H-pyrrole nitrogens is 1. The summed E-state index contributed by atoms with van der Waals surface area (Å²) in [6.45, 7) is 5.40. The molecule has 3 N–H and O–H groups in total. The van der Waals surface area contributed by atoms with E-state index in [1.54, 1.807) is 45.2 Å². The number of carbonyl (C=O) groups is 2. The predicted molar refractivity (Wildman–Crippen MR) is 109 cm³/mol. The standard InChI is InChI=1S/C21H20N4O3/c1-21(2,3)28-20(27)23-14-6-7-15-16(19(26)24-18(15)10-14)8-12-4-5-13-11-22-25-17(13)9-12/h4-11H,1-3H3,(H,22,25)(H,23,27)(H,24,26)/b16-8+. The number of amides is 2. The lowest BCUT2D eigenvalue weighted by Gasteiger charge is -2.19. The molecule has 0 fully saturated rings. The maximum atomic E-state index is 12.5. The number of hydrogen-bond donors (Lipinski definition) is 3. The van der Waals surface area contributed by atoms with Gasteiger partial charge in [0.1, 0.15) is 5.60 Å². The molecule has 3 aromatic rings. The zero-order valence-corrected chi connectivity index (χ0v) is 15.8. The number of hydrogen-bond acceptors (Lipinski definition) is 4. The third kappa shape index (κ3) is 3.59. The molecule has 1 aliphatic rings. The average molecular weight is 376 g/mol. The van der Waals surface area contributed by atoms with Gasteiger partial charge in [0.2, 0.25) is 0 Å². The van der Waals surface area contributed by atoms with Gasteiger partial charge in [0.15, 0.2) is 0 Å². The van der Waals surface area contributed by atoms with Crippen LogP contribution in [0.3, 0.4) is 0 Å². The highest BCUT2D eigenvalue weighted by Gasteiger charge is 2.25. The summed E-state index contributed by atoms with van der Waals surface area (Å²) in [6.07, 6.45) is 3.05. The van der Waals surface area contributed by atoms with Crippen molar-refractivity contribution >= 4 is 45.9 Å². The van der Waals surface area contributed by atoms with Crippen LogP contribution < -0.4 is 10.6 Å². The molecule has 1 aromatic heterocycles. The van der Waals surface area contributed by atoms with Crippen LogP contribution in [-0.4, -0.2) is 27.8 Å². The second kappa shape index (κ2) is 6.53. The normalized spacial score (nSPS) is 14.8. The summed E-state index contributed by atoms with van der Waals surface area (Å²) in [5, 5.41) is 13.5. The molecule has 0 saturated carbocycles. The Hall–Kier alpha value is -3.61. The zero-order valence-electron chi connectivity index (χ0n) is 15.8. The van der Waals surface area contributed by atoms with Gasteiger partial charge in [0.25, 0.3) is 5.91 Å².